The Kier molecular flexibility index (Phi) is 4.73. The monoisotopic (exact) mass is 457 g/mol. The molecule has 2 aromatic carbocycles. The van der Waals surface area contributed by atoms with Gasteiger partial charge in [0.05, 0.1) is 4.88 Å². The Morgan fingerprint density at radius 3 is 2.85 bits per heavy atom. The molecular formula is C25H20FN5OS. The summed E-state index contributed by atoms with van der Waals surface area (Å²) in [5.41, 5.74) is 2.53. The summed E-state index contributed by atoms with van der Waals surface area (Å²) in [6.07, 6.45) is 6.80. The molecule has 1 aliphatic heterocycles. The normalized spacial score (nSPS) is 26.9. The summed E-state index contributed by atoms with van der Waals surface area (Å²) in [6, 6.07) is 14.3. The first-order chi connectivity index (χ1) is 16.1. The lowest BCUT2D eigenvalue weighted by molar-refractivity contribution is 0.100. The topological polar surface area (TPSA) is 81.4 Å². The molecule has 164 valence electrons. The van der Waals surface area contributed by atoms with Gasteiger partial charge in [-0.05, 0) is 60.4 Å². The van der Waals surface area contributed by atoms with Crippen molar-refractivity contribution in [3.05, 3.63) is 65.6 Å². The number of halogens is 1. The molecule has 3 fully saturated rings. The minimum absolute atomic E-state index is 0.263. The quantitative estimate of drug-likeness (QED) is 0.433. The number of hydrogen-bond acceptors (Lipinski definition) is 6. The Morgan fingerprint density at radius 2 is 2.06 bits per heavy atom. The molecule has 0 spiro atoms. The van der Waals surface area contributed by atoms with E-state index in [0.717, 1.165) is 34.8 Å². The van der Waals surface area contributed by atoms with E-state index in [1.54, 1.807) is 24.5 Å². The minimum atomic E-state index is -0.331. The number of likely N-dealkylation sites (tertiary alicyclic amines) is 1. The summed E-state index contributed by atoms with van der Waals surface area (Å²) in [7, 11) is 0. The van der Waals surface area contributed by atoms with E-state index >= 15 is 0 Å². The number of nitriles is 1. The molecule has 6 nitrogen and oxygen atoms in total. The first-order valence-corrected chi connectivity index (χ1v) is 11.8. The van der Waals surface area contributed by atoms with E-state index in [2.05, 4.69) is 21.5 Å². The van der Waals surface area contributed by atoms with Crippen LogP contribution in [0.2, 0.25) is 0 Å². The Bertz CT molecular complexity index is 1300. The number of para-hydroxylation sites is 1. The maximum Gasteiger partial charge on any atom is 0.305 e. The van der Waals surface area contributed by atoms with Crippen LogP contribution in [0.3, 0.4) is 0 Å². The van der Waals surface area contributed by atoms with Gasteiger partial charge in [-0.1, -0.05) is 18.2 Å². The van der Waals surface area contributed by atoms with Crippen LogP contribution in [0.4, 0.5) is 15.8 Å². The Balaban J connectivity index is 1.17. The number of amides is 1. The van der Waals surface area contributed by atoms with Gasteiger partial charge in [0.15, 0.2) is 11.2 Å². The number of aromatic nitrogens is 1. The van der Waals surface area contributed by atoms with Crippen molar-refractivity contribution in [2.24, 2.45) is 28.7 Å². The zero-order chi connectivity index (χ0) is 22.5. The highest BCUT2D eigenvalue weighted by Crippen LogP contribution is 2.64. The van der Waals surface area contributed by atoms with Gasteiger partial charge in [0.25, 0.3) is 0 Å². The average Bonchev–Trinajstić information content (AvgIpc) is 3.14. The fraction of sp³-hybridized carbons (Fsp3) is 0.280. The number of aliphatic imine (C=N–C) groups is 1. The summed E-state index contributed by atoms with van der Waals surface area (Å²) >= 11 is 1.31. The Morgan fingerprint density at radius 1 is 1.24 bits per heavy atom. The number of benzene rings is 2. The summed E-state index contributed by atoms with van der Waals surface area (Å²) in [5.74, 6) is 1.28. The van der Waals surface area contributed by atoms with Gasteiger partial charge in [-0.15, -0.1) is 11.3 Å². The lowest BCUT2D eigenvalue weighted by atomic mass is 9.94. The second-order valence-electron chi connectivity index (χ2n) is 8.84. The van der Waals surface area contributed by atoms with Crippen LogP contribution < -0.4 is 5.32 Å². The first kappa shape index (κ1) is 20.1. The number of nitrogens with one attached hydrogen (secondary N) is 1. The second kappa shape index (κ2) is 7.78. The van der Waals surface area contributed by atoms with Crippen molar-refractivity contribution in [1.29, 1.82) is 5.26 Å². The van der Waals surface area contributed by atoms with Gasteiger partial charge in [0.2, 0.25) is 0 Å². The van der Waals surface area contributed by atoms with Gasteiger partial charge in [-0.2, -0.15) is 5.26 Å². The summed E-state index contributed by atoms with van der Waals surface area (Å²) in [6.45, 7) is 0.784. The van der Waals surface area contributed by atoms with Crippen molar-refractivity contribution in [3.63, 3.8) is 0 Å². The van der Waals surface area contributed by atoms with Crippen molar-refractivity contribution in [1.82, 2.24) is 9.88 Å². The predicted molar refractivity (Wildman–Crippen MR) is 125 cm³/mol. The minimum Gasteiger partial charge on any atom is -0.355 e. The second-order valence-corrected chi connectivity index (χ2v) is 9.87. The number of carbonyl (C=O) groups is 1. The number of rotatable bonds is 5. The first-order valence-electron chi connectivity index (χ1n) is 10.9. The van der Waals surface area contributed by atoms with Crippen molar-refractivity contribution in [3.8, 4) is 16.6 Å². The Hall–Kier alpha value is -3.57. The van der Waals surface area contributed by atoms with Gasteiger partial charge >= 0.3 is 5.91 Å². The number of hydrogen-bond donors (Lipinski definition) is 1. The molecule has 1 amide bonds. The third kappa shape index (κ3) is 3.49. The van der Waals surface area contributed by atoms with Gasteiger partial charge in [-0.25, -0.2) is 14.4 Å². The smallest absolute Gasteiger partial charge is 0.305 e. The third-order valence-electron chi connectivity index (χ3n) is 7.06. The molecule has 8 heteroatoms. The van der Waals surface area contributed by atoms with Crippen LogP contribution in [-0.2, 0) is 0 Å². The molecular weight excluding hydrogens is 437 g/mol. The molecule has 5 unspecified atom stereocenters. The van der Waals surface area contributed by atoms with E-state index in [4.69, 9.17) is 0 Å². The van der Waals surface area contributed by atoms with Crippen LogP contribution in [-0.4, -0.2) is 34.6 Å². The van der Waals surface area contributed by atoms with Gasteiger partial charge in [0, 0.05) is 41.9 Å². The number of nitrogens with zero attached hydrogens (tertiary/aromatic N) is 4. The molecule has 1 N–H and O–H groups in total. The number of thiazole rings is 1. The predicted octanol–water partition coefficient (Wildman–Crippen LogP) is 4.95. The molecule has 5 atom stereocenters. The average molecular weight is 458 g/mol. The van der Waals surface area contributed by atoms with Crippen LogP contribution >= 0.6 is 11.3 Å². The molecule has 33 heavy (non-hydrogen) atoms. The number of anilines is 2. The van der Waals surface area contributed by atoms with Crippen LogP contribution in [0.5, 0.6) is 0 Å². The number of piperidine rings is 1. The summed E-state index contributed by atoms with van der Waals surface area (Å²) in [5, 5.41) is 12.9. The summed E-state index contributed by atoms with van der Waals surface area (Å²) < 4.78 is 13.2. The SMILES string of the molecule is N#CN1CC2C(/C=N\C(=O)c3ncc(-c4ccccc4Nc4ccc(F)cc4)s3)CC3C2C31. The fourth-order valence-corrected chi connectivity index (χ4v) is 6.41. The van der Waals surface area contributed by atoms with E-state index in [0.29, 0.717) is 28.8 Å². The lowest BCUT2D eigenvalue weighted by Gasteiger charge is -2.13. The molecule has 0 radical (unpaired) electrons. The van der Waals surface area contributed by atoms with E-state index < -0.39 is 0 Å². The van der Waals surface area contributed by atoms with E-state index in [1.165, 1.54) is 23.5 Å². The van der Waals surface area contributed by atoms with Crippen LogP contribution in [0, 0.1) is 40.9 Å². The highest BCUT2D eigenvalue weighted by Gasteiger charge is 2.68. The van der Waals surface area contributed by atoms with Crippen LogP contribution in [0.25, 0.3) is 10.4 Å². The highest BCUT2D eigenvalue weighted by atomic mass is 32.1. The van der Waals surface area contributed by atoms with Crippen molar-refractivity contribution in [2.45, 2.75) is 12.5 Å². The van der Waals surface area contributed by atoms with Crippen LogP contribution in [0.1, 0.15) is 16.2 Å². The molecule has 6 rings (SSSR count). The zero-order valence-electron chi connectivity index (χ0n) is 17.6. The molecule has 1 saturated heterocycles. The highest BCUT2D eigenvalue weighted by molar-refractivity contribution is 7.17. The van der Waals surface area contributed by atoms with Crippen molar-refractivity contribution < 1.29 is 9.18 Å². The van der Waals surface area contributed by atoms with Gasteiger partial charge in [0.1, 0.15) is 5.82 Å². The van der Waals surface area contributed by atoms with E-state index in [9.17, 15) is 14.4 Å². The molecule has 3 aliphatic rings. The largest absolute Gasteiger partial charge is 0.355 e. The maximum absolute atomic E-state index is 13.2. The number of carbonyl (C=O) groups excluding carboxylic acids is 1. The third-order valence-corrected chi connectivity index (χ3v) is 8.08. The molecule has 0 bridgehead atoms. The van der Waals surface area contributed by atoms with Gasteiger partial charge < -0.3 is 10.2 Å². The Labute approximate surface area is 194 Å². The van der Waals surface area contributed by atoms with Gasteiger partial charge in [-0.3, -0.25) is 4.79 Å². The van der Waals surface area contributed by atoms with Crippen molar-refractivity contribution in [2.75, 3.05) is 11.9 Å². The van der Waals surface area contributed by atoms with Crippen LogP contribution in [0.15, 0.2) is 59.7 Å². The molecule has 3 aromatic rings. The summed E-state index contributed by atoms with van der Waals surface area (Å²) in [4.78, 5) is 24.0. The maximum atomic E-state index is 13.2. The number of fused-ring (bicyclic) bond motifs is 1. The van der Waals surface area contributed by atoms with Crippen molar-refractivity contribution >= 4 is 34.8 Å². The lowest BCUT2D eigenvalue weighted by Crippen LogP contribution is -2.21. The molecule has 2 heterocycles. The zero-order valence-corrected chi connectivity index (χ0v) is 18.4. The van der Waals surface area contributed by atoms with E-state index in [-0.39, 0.29) is 17.6 Å². The molecule has 2 saturated carbocycles. The molecule has 2 aliphatic carbocycles. The molecule has 1 aromatic heterocycles. The fourth-order valence-electron chi connectivity index (χ4n) is 5.56. The standard InChI is InChI=1S/C25H20FN5OS/c26-15-5-7-16(8-6-15)30-20-4-2-1-3-17(20)21-11-29-25(33-21)24(32)28-10-14-9-18-22-19(14)12-31(13-27)23(18)22/h1-8,10-11,14,18-19,22-23,30H,9,12H2/b28-10-. The van der Waals surface area contributed by atoms with E-state index in [1.807, 2.05) is 29.2 Å².